The average Bonchev–Trinajstić information content (AvgIpc) is 3.47. The lowest BCUT2D eigenvalue weighted by Gasteiger charge is -2.40. The van der Waals surface area contributed by atoms with E-state index in [2.05, 4.69) is 26.0 Å². The van der Waals surface area contributed by atoms with Gasteiger partial charge in [0.05, 0.1) is 30.3 Å². The molecule has 2 saturated heterocycles. The van der Waals surface area contributed by atoms with Gasteiger partial charge in [0.25, 0.3) is 6.33 Å². The van der Waals surface area contributed by atoms with Crippen molar-refractivity contribution in [3.05, 3.63) is 12.7 Å². The number of aliphatic hydroxyl groups excluding tert-OH is 5. The van der Waals surface area contributed by atoms with Crippen molar-refractivity contribution < 1.29 is 44.5 Å². The number of rotatable bonds is 7. The number of tetrazole rings is 2. The molecule has 4 heterocycles. The summed E-state index contributed by atoms with van der Waals surface area (Å²) in [7, 11) is 0. The van der Waals surface area contributed by atoms with E-state index in [4.69, 9.17) is 19.4 Å². The maximum absolute atomic E-state index is 10.4. The van der Waals surface area contributed by atoms with Crippen LogP contribution in [0, 0.1) is 11.8 Å². The van der Waals surface area contributed by atoms with Gasteiger partial charge < -0.3 is 39.8 Å². The Hall–Kier alpha value is -2.34. The minimum absolute atomic E-state index is 0.126. The van der Waals surface area contributed by atoms with Gasteiger partial charge in [0, 0.05) is 11.8 Å². The molecule has 178 valence electrons. The van der Waals surface area contributed by atoms with Crippen LogP contribution in [-0.2, 0) is 16.0 Å². The monoisotopic (exact) mass is 459 g/mol. The van der Waals surface area contributed by atoms with E-state index in [1.54, 1.807) is 6.92 Å². The first-order chi connectivity index (χ1) is 15.4. The second kappa shape index (κ2) is 9.65. The molecule has 2 aromatic rings. The summed E-state index contributed by atoms with van der Waals surface area (Å²) in [5.74, 6) is -0.941. The predicted octanol–water partition coefficient (Wildman–Crippen LogP) is -5.33. The Labute approximate surface area is 181 Å². The van der Waals surface area contributed by atoms with E-state index < -0.39 is 54.7 Å². The largest absolute Gasteiger partial charge is 0.394 e. The molecule has 32 heavy (non-hydrogen) atoms. The van der Waals surface area contributed by atoms with E-state index in [0.29, 0.717) is 0 Å². The summed E-state index contributed by atoms with van der Waals surface area (Å²) in [6, 6.07) is 0. The van der Waals surface area contributed by atoms with Crippen LogP contribution in [0.3, 0.4) is 0 Å². The van der Waals surface area contributed by atoms with Crippen LogP contribution >= 0.6 is 0 Å². The van der Waals surface area contributed by atoms with E-state index in [1.165, 1.54) is 22.0 Å². The zero-order valence-electron chi connectivity index (χ0n) is 17.2. The molecule has 9 atom stereocenters. The highest BCUT2D eigenvalue weighted by molar-refractivity contribution is 4.88. The van der Waals surface area contributed by atoms with Crippen molar-refractivity contribution in [2.45, 2.75) is 56.3 Å². The van der Waals surface area contributed by atoms with Gasteiger partial charge >= 0.3 is 0 Å². The van der Waals surface area contributed by atoms with Crippen LogP contribution in [0.15, 0.2) is 12.7 Å². The highest BCUT2D eigenvalue weighted by atomic mass is 16.7. The van der Waals surface area contributed by atoms with Gasteiger partial charge in [-0.1, -0.05) is 6.92 Å². The molecular weight excluding hydrogens is 432 g/mol. The lowest BCUT2D eigenvalue weighted by Crippen LogP contribution is -2.55. The SMILES string of the molecule is C[C@@H]1C(n2cnnn2)O[C@H](COn2c[n+](C[C@@H]3CO[C@H](CO)[C@H](O)[C@@H]3O)nn2)[C@H](O)[C@@H]1O. The number of aliphatic hydroxyl groups is 5. The Morgan fingerprint density at radius 3 is 2.59 bits per heavy atom. The summed E-state index contributed by atoms with van der Waals surface area (Å²) in [4.78, 5) is 6.56. The number of hydrogen-bond acceptors (Lipinski definition) is 13. The van der Waals surface area contributed by atoms with Crippen molar-refractivity contribution in [1.82, 2.24) is 35.5 Å². The number of hydrogen-bond donors (Lipinski definition) is 5. The van der Waals surface area contributed by atoms with E-state index >= 15 is 0 Å². The van der Waals surface area contributed by atoms with Crippen LogP contribution in [0.25, 0.3) is 0 Å². The summed E-state index contributed by atoms with van der Waals surface area (Å²) < 4.78 is 13.9. The van der Waals surface area contributed by atoms with Crippen LogP contribution in [0.5, 0.6) is 0 Å². The highest BCUT2D eigenvalue weighted by Crippen LogP contribution is 2.32. The van der Waals surface area contributed by atoms with E-state index in [1.807, 2.05) is 0 Å². The molecule has 0 amide bonds. The van der Waals surface area contributed by atoms with Gasteiger partial charge in [-0.2, -0.15) is 0 Å². The zero-order chi connectivity index (χ0) is 22.8. The van der Waals surface area contributed by atoms with Crippen molar-refractivity contribution in [3.63, 3.8) is 0 Å². The molecular formula is C16H27N8O8+. The van der Waals surface area contributed by atoms with Crippen molar-refractivity contribution in [2.75, 3.05) is 19.8 Å². The number of aromatic nitrogens is 8. The fourth-order valence-corrected chi connectivity index (χ4v) is 3.86. The normalized spacial score (nSPS) is 38.0. The summed E-state index contributed by atoms with van der Waals surface area (Å²) >= 11 is 0. The van der Waals surface area contributed by atoms with Crippen molar-refractivity contribution in [2.24, 2.45) is 11.8 Å². The molecule has 2 aliphatic rings. The molecule has 2 fully saturated rings. The first-order valence-corrected chi connectivity index (χ1v) is 10.2. The molecule has 4 rings (SSSR count). The Kier molecular flexibility index (Phi) is 6.89. The molecule has 1 unspecified atom stereocenters. The van der Waals surface area contributed by atoms with E-state index in [9.17, 15) is 20.4 Å². The van der Waals surface area contributed by atoms with Crippen LogP contribution in [0.2, 0.25) is 0 Å². The minimum Gasteiger partial charge on any atom is -0.394 e. The van der Waals surface area contributed by atoms with Gasteiger partial charge in [0.2, 0.25) is 5.21 Å². The maximum Gasteiger partial charge on any atom is 0.290 e. The maximum atomic E-state index is 10.4. The standard InChI is InChI=1S/C16H27N8O8/c1-8-12(26)15(29)11(32-16(8)23-6-17-18-19-23)5-31-24-7-22(20-21-24)2-9-4-30-10(3-25)14(28)13(9)27/h6-16,25-29H,2-5H2,1H3/q+1/t8-,9+,10+,11+,12+,13+,14-,15-,16?/m0/s1. The molecule has 0 spiro atoms. The fourth-order valence-electron chi connectivity index (χ4n) is 3.86. The first kappa shape index (κ1) is 22.8. The van der Waals surface area contributed by atoms with Crippen molar-refractivity contribution in [1.29, 1.82) is 0 Å². The molecule has 0 bridgehead atoms. The van der Waals surface area contributed by atoms with Gasteiger partial charge in [0.15, 0.2) is 12.8 Å². The highest BCUT2D eigenvalue weighted by Gasteiger charge is 2.44. The third-order valence-corrected chi connectivity index (χ3v) is 5.85. The topological polar surface area (TPSA) is 207 Å². The summed E-state index contributed by atoms with van der Waals surface area (Å²) in [6.07, 6.45) is -4.26. The van der Waals surface area contributed by atoms with Gasteiger partial charge in [0.1, 0.15) is 42.5 Å². The van der Waals surface area contributed by atoms with Crippen LogP contribution in [0.1, 0.15) is 13.2 Å². The third-order valence-electron chi connectivity index (χ3n) is 5.85. The molecule has 2 aromatic heterocycles. The van der Waals surface area contributed by atoms with Crippen LogP contribution in [-0.4, -0.2) is 117 Å². The Morgan fingerprint density at radius 1 is 1.09 bits per heavy atom. The van der Waals surface area contributed by atoms with Crippen molar-refractivity contribution in [3.8, 4) is 0 Å². The third kappa shape index (κ3) is 4.56. The Bertz CT molecular complexity index is 855. The summed E-state index contributed by atoms with van der Waals surface area (Å²) in [5.41, 5.74) is 0. The molecule has 16 heteroatoms. The van der Waals surface area contributed by atoms with Crippen molar-refractivity contribution >= 4 is 0 Å². The lowest BCUT2D eigenvalue weighted by atomic mass is 9.91. The van der Waals surface area contributed by atoms with E-state index in [0.717, 1.165) is 4.85 Å². The molecule has 0 aliphatic carbocycles. The van der Waals surface area contributed by atoms with Crippen LogP contribution < -0.4 is 9.52 Å². The van der Waals surface area contributed by atoms with Gasteiger partial charge in [-0.15, -0.1) is 9.78 Å². The molecule has 5 N–H and O–H groups in total. The fraction of sp³-hybridized carbons (Fsp3) is 0.875. The molecule has 16 nitrogen and oxygen atoms in total. The zero-order valence-corrected chi connectivity index (χ0v) is 17.2. The van der Waals surface area contributed by atoms with E-state index in [-0.39, 0.29) is 26.4 Å². The quantitative estimate of drug-likeness (QED) is 0.245. The second-order valence-electron chi connectivity index (χ2n) is 8.01. The minimum atomic E-state index is -1.21. The second-order valence-corrected chi connectivity index (χ2v) is 8.01. The first-order valence-electron chi connectivity index (χ1n) is 10.2. The summed E-state index contributed by atoms with van der Waals surface area (Å²) in [6.45, 7) is 1.47. The molecule has 0 aromatic carbocycles. The molecule has 0 saturated carbocycles. The van der Waals surface area contributed by atoms with Gasteiger partial charge in [-0.25, -0.2) is 4.68 Å². The number of ether oxygens (including phenoxy) is 2. The van der Waals surface area contributed by atoms with Gasteiger partial charge in [-0.3, -0.25) is 0 Å². The van der Waals surface area contributed by atoms with Crippen LogP contribution in [0.4, 0.5) is 0 Å². The number of nitrogens with zero attached hydrogens (tertiary/aromatic N) is 8. The Morgan fingerprint density at radius 2 is 1.88 bits per heavy atom. The van der Waals surface area contributed by atoms with Gasteiger partial charge in [-0.05, 0) is 10.4 Å². The summed E-state index contributed by atoms with van der Waals surface area (Å²) in [5, 5.41) is 68.7. The lowest BCUT2D eigenvalue weighted by molar-refractivity contribution is -0.762. The Balaban J connectivity index is 1.33. The average molecular weight is 459 g/mol. The molecule has 2 aliphatic heterocycles. The molecule has 0 radical (unpaired) electrons. The smallest absolute Gasteiger partial charge is 0.290 e. The predicted molar refractivity (Wildman–Crippen MR) is 96.9 cm³/mol.